The van der Waals surface area contributed by atoms with E-state index in [-0.39, 0.29) is 5.41 Å². The fraction of sp³-hybridized carbons (Fsp3) is 0.812. The van der Waals surface area contributed by atoms with Gasteiger partial charge in [-0.3, -0.25) is 0 Å². The van der Waals surface area contributed by atoms with E-state index in [1.807, 2.05) is 0 Å². The average Bonchev–Trinajstić information content (AvgIpc) is 2.76. The molecular formula is C16H27ClINS. The lowest BCUT2D eigenvalue weighted by atomic mass is 9.80. The quantitative estimate of drug-likeness (QED) is 0.284. The van der Waals surface area contributed by atoms with E-state index in [0.717, 1.165) is 8.04 Å². The van der Waals surface area contributed by atoms with E-state index in [2.05, 4.69) is 43.4 Å². The van der Waals surface area contributed by atoms with Crippen molar-refractivity contribution in [2.45, 2.75) is 84.0 Å². The second kappa shape index (κ2) is 9.62. The maximum Gasteiger partial charge on any atom is 0.131 e. The van der Waals surface area contributed by atoms with Crippen LogP contribution in [0.4, 0.5) is 0 Å². The van der Waals surface area contributed by atoms with Crippen LogP contribution >= 0.6 is 45.5 Å². The van der Waals surface area contributed by atoms with Gasteiger partial charge in [-0.1, -0.05) is 77.3 Å². The number of hydrogen-bond acceptors (Lipinski definition) is 2. The minimum atomic E-state index is 0.223. The summed E-state index contributed by atoms with van der Waals surface area (Å²) in [7, 11) is 0. The predicted octanol–water partition coefficient (Wildman–Crippen LogP) is 7.21. The standard InChI is InChI=1S/C16H27ClINS/c1-4-6-8-10-12-16(3,11-9-7-5-2)15-19-14(18)13(17)20-15/h4-12H2,1-3H3. The topological polar surface area (TPSA) is 12.9 Å². The van der Waals surface area contributed by atoms with Crippen LogP contribution in [0, 0.1) is 3.70 Å². The second-order valence-electron chi connectivity index (χ2n) is 5.91. The molecule has 1 nitrogen and oxygen atoms in total. The summed E-state index contributed by atoms with van der Waals surface area (Å²) in [6.45, 7) is 6.92. The van der Waals surface area contributed by atoms with E-state index in [9.17, 15) is 0 Å². The van der Waals surface area contributed by atoms with Gasteiger partial charge in [-0.25, -0.2) is 4.98 Å². The molecule has 116 valence electrons. The number of halogens is 2. The molecule has 0 bridgehead atoms. The van der Waals surface area contributed by atoms with E-state index < -0.39 is 0 Å². The summed E-state index contributed by atoms with van der Waals surface area (Å²) < 4.78 is 1.83. The van der Waals surface area contributed by atoms with Gasteiger partial charge in [0.15, 0.2) is 0 Å². The van der Waals surface area contributed by atoms with Crippen molar-refractivity contribution in [1.29, 1.82) is 0 Å². The lowest BCUT2D eigenvalue weighted by Crippen LogP contribution is -2.22. The van der Waals surface area contributed by atoms with Crippen LogP contribution in [-0.4, -0.2) is 4.98 Å². The van der Waals surface area contributed by atoms with Crippen LogP contribution in [0.2, 0.25) is 4.34 Å². The van der Waals surface area contributed by atoms with Crippen molar-refractivity contribution < 1.29 is 0 Å². The third-order valence-corrected chi connectivity index (χ3v) is 7.00. The minimum absolute atomic E-state index is 0.223. The summed E-state index contributed by atoms with van der Waals surface area (Å²) in [5.41, 5.74) is 0.223. The number of unbranched alkanes of at least 4 members (excludes halogenated alkanes) is 5. The summed E-state index contributed by atoms with van der Waals surface area (Å²) >= 11 is 10.2. The second-order valence-corrected chi connectivity index (χ2v) is 8.53. The molecule has 0 aliphatic rings. The molecule has 1 rings (SSSR count). The van der Waals surface area contributed by atoms with Gasteiger partial charge in [0.05, 0.1) is 0 Å². The highest BCUT2D eigenvalue weighted by molar-refractivity contribution is 14.1. The zero-order valence-electron chi connectivity index (χ0n) is 13.0. The molecule has 0 spiro atoms. The lowest BCUT2D eigenvalue weighted by molar-refractivity contribution is 0.364. The molecule has 1 atom stereocenters. The molecule has 0 amide bonds. The maximum absolute atomic E-state index is 6.23. The van der Waals surface area contributed by atoms with Gasteiger partial charge < -0.3 is 0 Å². The molecule has 1 aromatic heterocycles. The SMILES string of the molecule is CCCCCCC(C)(CCCCC)c1nc(I)c(Cl)s1. The number of aromatic nitrogens is 1. The first-order chi connectivity index (χ1) is 9.53. The van der Waals surface area contributed by atoms with Crippen LogP contribution in [0.15, 0.2) is 0 Å². The van der Waals surface area contributed by atoms with Gasteiger partial charge in [-0.05, 0) is 35.4 Å². The summed E-state index contributed by atoms with van der Waals surface area (Å²) in [5, 5.41) is 1.25. The highest BCUT2D eigenvalue weighted by Gasteiger charge is 2.30. The minimum Gasteiger partial charge on any atom is -0.233 e. The van der Waals surface area contributed by atoms with Gasteiger partial charge in [0, 0.05) is 5.41 Å². The van der Waals surface area contributed by atoms with Crippen LogP contribution in [0.1, 0.15) is 83.6 Å². The average molecular weight is 428 g/mol. The van der Waals surface area contributed by atoms with E-state index in [4.69, 9.17) is 16.6 Å². The third kappa shape index (κ3) is 5.80. The first-order valence-electron chi connectivity index (χ1n) is 7.85. The van der Waals surface area contributed by atoms with E-state index in [1.165, 1.54) is 62.8 Å². The Morgan fingerprint density at radius 2 is 1.60 bits per heavy atom. The highest BCUT2D eigenvalue weighted by atomic mass is 127. The molecule has 0 aromatic carbocycles. The lowest BCUT2D eigenvalue weighted by Gasteiger charge is -2.27. The van der Waals surface area contributed by atoms with Gasteiger partial charge in [-0.15, -0.1) is 11.3 Å². The summed E-state index contributed by atoms with van der Waals surface area (Å²) in [6, 6.07) is 0. The Kier molecular flexibility index (Phi) is 9.00. The van der Waals surface area contributed by atoms with E-state index >= 15 is 0 Å². The molecule has 1 heterocycles. The predicted molar refractivity (Wildman–Crippen MR) is 100 cm³/mol. The van der Waals surface area contributed by atoms with Crippen LogP contribution in [0.5, 0.6) is 0 Å². The largest absolute Gasteiger partial charge is 0.233 e. The molecule has 0 aliphatic carbocycles. The Labute approximate surface area is 147 Å². The zero-order chi connectivity index (χ0) is 15.0. The van der Waals surface area contributed by atoms with Gasteiger partial charge in [0.1, 0.15) is 13.0 Å². The van der Waals surface area contributed by atoms with Crippen molar-refractivity contribution in [1.82, 2.24) is 4.98 Å². The molecule has 0 saturated carbocycles. The molecule has 0 radical (unpaired) electrons. The van der Waals surface area contributed by atoms with E-state index in [1.54, 1.807) is 11.3 Å². The Hall–Kier alpha value is 0.650. The number of thiazole rings is 1. The summed E-state index contributed by atoms with van der Waals surface area (Å²) in [4.78, 5) is 4.73. The van der Waals surface area contributed by atoms with Gasteiger partial charge in [0.25, 0.3) is 0 Å². The van der Waals surface area contributed by atoms with Crippen molar-refractivity contribution in [2.24, 2.45) is 0 Å². The molecule has 1 aromatic rings. The fourth-order valence-corrected chi connectivity index (χ4v) is 4.47. The molecule has 1 unspecified atom stereocenters. The normalized spacial score (nSPS) is 14.4. The number of rotatable bonds is 10. The number of nitrogens with zero attached hydrogens (tertiary/aromatic N) is 1. The molecule has 0 aliphatic heterocycles. The van der Waals surface area contributed by atoms with Crippen molar-refractivity contribution in [3.05, 3.63) is 13.0 Å². The Bertz CT molecular complexity index is 374. The fourth-order valence-electron chi connectivity index (χ4n) is 2.59. The molecule has 0 saturated heterocycles. The first kappa shape index (κ1) is 18.7. The van der Waals surface area contributed by atoms with Crippen LogP contribution in [0.25, 0.3) is 0 Å². The van der Waals surface area contributed by atoms with Crippen LogP contribution in [-0.2, 0) is 5.41 Å². The molecule has 0 N–H and O–H groups in total. The van der Waals surface area contributed by atoms with E-state index in [0.29, 0.717) is 0 Å². The van der Waals surface area contributed by atoms with Crippen LogP contribution < -0.4 is 0 Å². The van der Waals surface area contributed by atoms with Crippen LogP contribution in [0.3, 0.4) is 0 Å². The molecule has 20 heavy (non-hydrogen) atoms. The van der Waals surface area contributed by atoms with Crippen molar-refractivity contribution >= 4 is 45.5 Å². The summed E-state index contributed by atoms with van der Waals surface area (Å²) in [6.07, 6.45) is 11.7. The van der Waals surface area contributed by atoms with Gasteiger partial charge in [-0.2, -0.15) is 0 Å². The summed E-state index contributed by atoms with van der Waals surface area (Å²) in [5.74, 6) is 0. The molecule has 4 heteroatoms. The molecule has 0 fully saturated rings. The van der Waals surface area contributed by atoms with Crippen molar-refractivity contribution in [2.75, 3.05) is 0 Å². The third-order valence-electron chi connectivity index (χ3n) is 3.98. The monoisotopic (exact) mass is 427 g/mol. The smallest absolute Gasteiger partial charge is 0.131 e. The maximum atomic E-state index is 6.23. The van der Waals surface area contributed by atoms with Crippen molar-refractivity contribution in [3.63, 3.8) is 0 Å². The molecular weight excluding hydrogens is 401 g/mol. The Balaban J connectivity index is 2.71. The highest BCUT2D eigenvalue weighted by Crippen LogP contribution is 2.40. The Morgan fingerprint density at radius 1 is 1.05 bits per heavy atom. The Morgan fingerprint density at radius 3 is 2.10 bits per heavy atom. The first-order valence-corrected chi connectivity index (χ1v) is 10.1. The van der Waals surface area contributed by atoms with Gasteiger partial charge in [0.2, 0.25) is 0 Å². The number of hydrogen-bond donors (Lipinski definition) is 0. The van der Waals surface area contributed by atoms with Crippen molar-refractivity contribution in [3.8, 4) is 0 Å². The van der Waals surface area contributed by atoms with Gasteiger partial charge >= 0.3 is 0 Å². The zero-order valence-corrected chi connectivity index (χ0v) is 16.7.